The van der Waals surface area contributed by atoms with Crippen LogP contribution < -0.4 is 15.5 Å². The van der Waals surface area contributed by atoms with Gasteiger partial charge in [0.2, 0.25) is 11.9 Å². The van der Waals surface area contributed by atoms with Gasteiger partial charge in [0.1, 0.15) is 11.9 Å². The summed E-state index contributed by atoms with van der Waals surface area (Å²) in [6, 6.07) is 13.0. The third kappa shape index (κ3) is 5.02. The molecule has 2 aliphatic heterocycles. The van der Waals surface area contributed by atoms with Gasteiger partial charge in [-0.15, -0.1) is 0 Å². The van der Waals surface area contributed by atoms with Crippen molar-refractivity contribution in [3.63, 3.8) is 0 Å². The first-order valence-electron chi connectivity index (χ1n) is 10.7. The fourth-order valence-electron chi connectivity index (χ4n) is 3.77. The van der Waals surface area contributed by atoms with E-state index in [1.54, 1.807) is 6.20 Å². The number of rotatable bonds is 5. The highest BCUT2D eigenvalue weighted by molar-refractivity contribution is 6.05. The predicted molar refractivity (Wildman–Crippen MR) is 121 cm³/mol. The lowest BCUT2D eigenvalue weighted by Gasteiger charge is -2.36. The Morgan fingerprint density at radius 1 is 1.10 bits per heavy atom. The Hall–Kier alpha value is -3.42. The fraction of sp³-hybridized carbons (Fsp3) is 0.391. The van der Waals surface area contributed by atoms with Crippen molar-refractivity contribution in [2.24, 2.45) is 4.99 Å². The summed E-state index contributed by atoms with van der Waals surface area (Å²) in [6.07, 6.45) is 1.84. The third-order valence-corrected chi connectivity index (χ3v) is 5.62. The van der Waals surface area contributed by atoms with Crippen molar-refractivity contribution in [2.75, 3.05) is 36.4 Å². The van der Waals surface area contributed by atoms with Gasteiger partial charge in [-0.25, -0.2) is 4.98 Å². The van der Waals surface area contributed by atoms with Crippen molar-refractivity contribution in [1.82, 2.24) is 15.2 Å². The first kappa shape index (κ1) is 20.8. The number of hydrogen-bond acceptors (Lipinski definition) is 6. The van der Waals surface area contributed by atoms with Crippen LogP contribution in [0.4, 0.5) is 11.5 Å². The summed E-state index contributed by atoms with van der Waals surface area (Å²) in [7, 11) is 0. The average molecular weight is 421 g/mol. The van der Waals surface area contributed by atoms with Crippen LogP contribution in [0.2, 0.25) is 0 Å². The van der Waals surface area contributed by atoms with Crippen molar-refractivity contribution >= 4 is 29.3 Å². The maximum atomic E-state index is 12.4. The Labute approximate surface area is 182 Å². The zero-order valence-corrected chi connectivity index (χ0v) is 17.9. The number of guanidine groups is 1. The number of aliphatic imine (C=N–C) groups is 1. The quantitative estimate of drug-likeness (QED) is 0.771. The van der Waals surface area contributed by atoms with E-state index < -0.39 is 6.04 Å². The van der Waals surface area contributed by atoms with E-state index in [1.165, 1.54) is 5.56 Å². The van der Waals surface area contributed by atoms with Gasteiger partial charge in [0.25, 0.3) is 5.91 Å². The molecule has 2 aromatic rings. The van der Waals surface area contributed by atoms with Crippen LogP contribution in [0.5, 0.6) is 0 Å². The van der Waals surface area contributed by atoms with E-state index in [0.717, 1.165) is 37.7 Å². The minimum absolute atomic E-state index is 0.0473. The van der Waals surface area contributed by atoms with Crippen molar-refractivity contribution in [3.05, 3.63) is 54.2 Å². The first-order valence-corrected chi connectivity index (χ1v) is 10.7. The van der Waals surface area contributed by atoms with Crippen LogP contribution in [0.1, 0.15) is 31.7 Å². The minimum atomic E-state index is -0.626. The molecule has 0 spiro atoms. The molecule has 162 valence electrons. The van der Waals surface area contributed by atoms with Crippen LogP contribution in [0, 0.1) is 0 Å². The van der Waals surface area contributed by atoms with Gasteiger partial charge in [-0.1, -0.05) is 32.0 Å². The number of amides is 2. The normalized spacial score (nSPS) is 18.7. The summed E-state index contributed by atoms with van der Waals surface area (Å²) >= 11 is 0. The topological polar surface area (TPSA) is 89.9 Å². The molecule has 8 heteroatoms. The van der Waals surface area contributed by atoms with Crippen molar-refractivity contribution < 1.29 is 9.59 Å². The third-order valence-electron chi connectivity index (χ3n) is 5.62. The molecule has 1 unspecified atom stereocenters. The number of benzene rings is 1. The largest absolute Gasteiger partial charge is 0.353 e. The number of hydrogen-bond donors (Lipinski definition) is 2. The number of aromatic nitrogens is 1. The Morgan fingerprint density at radius 2 is 1.81 bits per heavy atom. The molecule has 0 radical (unpaired) electrons. The van der Waals surface area contributed by atoms with Gasteiger partial charge in [-0.2, -0.15) is 4.99 Å². The van der Waals surface area contributed by atoms with Gasteiger partial charge >= 0.3 is 0 Å². The average Bonchev–Trinajstić information content (AvgIpc) is 3.15. The Morgan fingerprint density at radius 3 is 2.45 bits per heavy atom. The van der Waals surface area contributed by atoms with Crippen LogP contribution in [0.15, 0.2) is 53.7 Å². The first-order chi connectivity index (χ1) is 15.0. The Kier molecular flexibility index (Phi) is 6.16. The number of pyridine rings is 1. The molecule has 1 saturated heterocycles. The number of carbonyl (C=O) groups is 2. The lowest BCUT2D eigenvalue weighted by atomic mass is 10.0. The highest BCUT2D eigenvalue weighted by Crippen LogP contribution is 2.18. The maximum Gasteiger partial charge on any atom is 0.271 e. The lowest BCUT2D eigenvalue weighted by Crippen LogP contribution is -2.53. The lowest BCUT2D eigenvalue weighted by molar-refractivity contribution is -0.123. The molecular formula is C23H28N6O2. The monoisotopic (exact) mass is 420 g/mol. The molecule has 0 aliphatic carbocycles. The molecule has 1 fully saturated rings. The summed E-state index contributed by atoms with van der Waals surface area (Å²) in [5, 5.41) is 6.00. The molecule has 2 amide bonds. The van der Waals surface area contributed by atoms with E-state index >= 15 is 0 Å². The predicted octanol–water partition coefficient (Wildman–Crippen LogP) is 2.21. The van der Waals surface area contributed by atoms with Gasteiger partial charge < -0.3 is 20.4 Å². The Balaban J connectivity index is 1.27. The van der Waals surface area contributed by atoms with E-state index in [4.69, 9.17) is 0 Å². The Bertz CT molecular complexity index is 950. The molecule has 8 nitrogen and oxygen atoms in total. The van der Waals surface area contributed by atoms with Gasteiger partial charge in [0.15, 0.2) is 0 Å². The van der Waals surface area contributed by atoms with Gasteiger partial charge in [-0.3, -0.25) is 9.59 Å². The molecule has 0 saturated carbocycles. The SMILES string of the molecule is CC(C)c1ccc(NC(=O)CC2NC(N3CCN(c4ccccn4)CC3)=NC2=O)cc1. The highest BCUT2D eigenvalue weighted by Gasteiger charge is 2.32. The molecule has 1 aromatic heterocycles. The van der Waals surface area contributed by atoms with Crippen LogP contribution in [0.3, 0.4) is 0 Å². The molecule has 0 bridgehead atoms. The van der Waals surface area contributed by atoms with E-state index in [-0.39, 0.29) is 18.2 Å². The summed E-state index contributed by atoms with van der Waals surface area (Å²) in [5.74, 6) is 1.44. The number of nitrogens with one attached hydrogen (secondary N) is 2. The second-order valence-corrected chi connectivity index (χ2v) is 8.16. The smallest absolute Gasteiger partial charge is 0.271 e. The van der Waals surface area contributed by atoms with Crippen LogP contribution >= 0.6 is 0 Å². The molecule has 3 heterocycles. The summed E-state index contributed by atoms with van der Waals surface area (Å²) in [6.45, 7) is 7.31. The summed E-state index contributed by atoms with van der Waals surface area (Å²) < 4.78 is 0. The molecular weight excluding hydrogens is 392 g/mol. The highest BCUT2D eigenvalue weighted by atomic mass is 16.2. The van der Waals surface area contributed by atoms with E-state index in [9.17, 15) is 9.59 Å². The molecule has 4 rings (SSSR count). The molecule has 31 heavy (non-hydrogen) atoms. The summed E-state index contributed by atoms with van der Waals surface area (Å²) in [5.41, 5.74) is 1.94. The van der Waals surface area contributed by atoms with E-state index in [0.29, 0.717) is 11.9 Å². The molecule has 2 N–H and O–H groups in total. The van der Waals surface area contributed by atoms with Crippen LogP contribution in [-0.2, 0) is 9.59 Å². The number of piperazine rings is 1. The maximum absolute atomic E-state index is 12.4. The van der Waals surface area contributed by atoms with Crippen LogP contribution in [0.25, 0.3) is 0 Å². The zero-order valence-electron chi connectivity index (χ0n) is 17.9. The van der Waals surface area contributed by atoms with Gasteiger partial charge in [0, 0.05) is 38.1 Å². The second kappa shape index (κ2) is 9.16. The van der Waals surface area contributed by atoms with Gasteiger partial charge in [0.05, 0.1) is 6.42 Å². The second-order valence-electron chi connectivity index (χ2n) is 8.16. The summed E-state index contributed by atoms with van der Waals surface area (Å²) in [4.78, 5) is 37.6. The zero-order chi connectivity index (χ0) is 21.8. The van der Waals surface area contributed by atoms with E-state index in [2.05, 4.69) is 44.3 Å². The standard InChI is InChI=1S/C23H28N6O2/c1-16(2)17-6-8-18(9-7-17)25-21(30)15-19-22(31)27-23(26-19)29-13-11-28(12-14-29)20-5-3-4-10-24-20/h3-10,16,19H,11-15H2,1-2H3,(H,25,30)(H,26,27,31). The minimum Gasteiger partial charge on any atom is -0.353 e. The van der Waals surface area contributed by atoms with Gasteiger partial charge in [-0.05, 0) is 35.7 Å². The number of anilines is 2. The molecule has 2 aliphatic rings. The van der Waals surface area contributed by atoms with Crippen LogP contribution in [-0.4, -0.2) is 59.9 Å². The molecule has 1 aromatic carbocycles. The van der Waals surface area contributed by atoms with Crippen molar-refractivity contribution in [1.29, 1.82) is 0 Å². The number of carbonyl (C=O) groups excluding carboxylic acids is 2. The molecule has 1 atom stereocenters. The van der Waals surface area contributed by atoms with Crippen molar-refractivity contribution in [2.45, 2.75) is 32.2 Å². The number of nitrogens with zero attached hydrogens (tertiary/aromatic N) is 4. The van der Waals surface area contributed by atoms with Crippen molar-refractivity contribution in [3.8, 4) is 0 Å². The fourth-order valence-corrected chi connectivity index (χ4v) is 3.77. The van der Waals surface area contributed by atoms with E-state index in [1.807, 2.05) is 42.5 Å².